The minimum atomic E-state index is -4.16. The smallest absolute Gasteiger partial charge is 0.441 e. The molecule has 1 rings (SSSR count). The van der Waals surface area contributed by atoms with Crippen LogP contribution in [-0.4, -0.2) is 28.7 Å². The van der Waals surface area contributed by atoms with Gasteiger partial charge in [0.05, 0.1) is 0 Å². The van der Waals surface area contributed by atoms with Gasteiger partial charge in [-0.2, -0.15) is 8.78 Å². The SMILES string of the molecule is CCC(O)(CC)C(F)(F)C(=O)ONC(=O)OCc1ccccc1. The van der Waals surface area contributed by atoms with E-state index in [0.29, 0.717) is 5.56 Å². The Morgan fingerprint density at radius 1 is 1.17 bits per heavy atom. The first-order chi connectivity index (χ1) is 10.8. The fourth-order valence-corrected chi connectivity index (χ4v) is 1.79. The summed E-state index contributed by atoms with van der Waals surface area (Å²) in [5.41, 5.74) is -0.393. The third kappa shape index (κ3) is 4.62. The first-order valence-corrected chi connectivity index (χ1v) is 7.05. The monoisotopic (exact) mass is 331 g/mol. The molecule has 0 saturated carbocycles. The Hall–Kier alpha value is -2.22. The van der Waals surface area contributed by atoms with Gasteiger partial charge in [-0.25, -0.2) is 9.59 Å². The lowest BCUT2D eigenvalue weighted by Crippen LogP contribution is -2.54. The van der Waals surface area contributed by atoms with Crippen LogP contribution in [0.15, 0.2) is 30.3 Å². The number of nitrogens with one attached hydrogen (secondary N) is 1. The molecule has 1 amide bonds. The van der Waals surface area contributed by atoms with Gasteiger partial charge >= 0.3 is 18.0 Å². The zero-order valence-electron chi connectivity index (χ0n) is 12.8. The predicted octanol–water partition coefficient (Wildman–Crippen LogP) is 2.56. The maximum atomic E-state index is 13.9. The van der Waals surface area contributed by atoms with Crippen LogP contribution in [0.5, 0.6) is 0 Å². The molecule has 23 heavy (non-hydrogen) atoms. The Balaban J connectivity index is 2.50. The third-order valence-corrected chi connectivity index (χ3v) is 3.45. The van der Waals surface area contributed by atoms with Gasteiger partial charge in [0.25, 0.3) is 0 Å². The van der Waals surface area contributed by atoms with Gasteiger partial charge in [-0.05, 0) is 18.4 Å². The molecule has 0 saturated heterocycles. The second kappa shape index (κ2) is 7.87. The average Bonchev–Trinajstić information content (AvgIpc) is 2.57. The molecule has 0 unspecified atom stereocenters. The number of carbonyl (C=O) groups excluding carboxylic acids is 2. The van der Waals surface area contributed by atoms with Crippen LogP contribution in [0.2, 0.25) is 0 Å². The van der Waals surface area contributed by atoms with E-state index in [-0.39, 0.29) is 19.4 Å². The molecule has 2 N–H and O–H groups in total. The fraction of sp³-hybridized carbons (Fsp3) is 0.467. The van der Waals surface area contributed by atoms with Crippen molar-refractivity contribution in [3.05, 3.63) is 35.9 Å². The number of halogens is 2. The maximum Gasteiger partial charge on any atom is 0.441 e. The number of hydroxylamine groups is 1. The summed E-state index contributed by atoms with van der Waals surface area (Å²) in [7, 11) is 0. The van der Waals surface area contributed by atoms with Crippen molar-refractivity contribution >= 4 is 12.1 Å². The lowest BCUT2D eigenvalue weighted by atomic mass is 9.90. The lowest BCUT2D eigenvalue weighted by molar-refractivity contribution is -0.220. The van der Waals surface area contributed by atoms with E-state index >= 15 is 0 Å². The van der Waals surface area contributed by atoms with Gasteiger partial charge in [-0.1, -0.05) is 44.2 Å². The molecule has 0 radical (unpaired) electrons. The first-order valence-electron chi connectivity index (χ1n) is 7.05. The van der Waals surface area contributed by atoms with Crippen molar-refractivity contribution in [3.8, 4) is 0 Å². The number of carbonyl (C=O) groups is 2. The quantitative estimate of drug-likeness (QED) is 0.783. The number of hydrogen-bond acceptors (Lipinski definition) is 5. The van der Waals surface area contributed by atoms with E-state index in [4.69, 9.17) is 4.74 Å². The van der Waals surface area contributed by atoms with Gasteiger partial charge in [0.1, 0.15) is 12.2 Å². The highest BCUT2D eigenvalue weighted by molar-refractivity contribution is 5.80. The Kier molecular flexibility index (Phi) is 6.44. The summed E-state index contributed by atoms with van der Waals surface area (Å²) in [4.78, 5) is 26.8. The summed E-state index contributed by atoms with van der Waals surface area (Å²) in [5, 5.41) is 9.75. The number of alkyl halides is 2. The van der Waals surface area contributed by atoms with Crippen LogP contribution in [0.3, 0.4) is 0 Å². The molecule has 8 heteroatoms. The largest absolute Gasteiger partial charge is 0.443 e. The van der Waals surface area contributed by atoms with E-state index in [1.54, 1.807) is 30.3 Å². The van der Waals surface area contributed by atoms with Crippen LogP contribution in [-0.2, 0) is 21.0 Å². The molecule has 0 aliphatic heterocycles. The number of aliphatic hydroxyl groups is 1. The lowest BCUT2D eigenvalue weighted by Gasteiger charge is -2.31. The molecule has 0 heterocycles. The molecule has 0 aliphatic rings. The summed E-state index contributed by atoms with van der Waals surface area (Å²) >= 11 is 0. The van der Waals surface area contributed by atoms with Crippen molar-refractivity contribution in [1.29, 1.82) is 0 Å². The van der Waals surface area contributed by atoms with Crippen LogP contribution in [0.4, 0.5) is 13.6 Å². The van der Waals surface area contributed by atoms with Crippen LogP contribution in [0.1, 0.15) is 32.3 Å². The van der Waals surface area contributed by atoms with Gasteiger partial charge in [0, 0.05) is 0 Å². The van der Waals surface area contributed by atoms with Gasteiger partial charge in [-0.15, -0.1) is 5.48 Å². The minimum Gasteiger partial charge on any atom is -0.443 e. The normalized spacial score (nSPS) is 11.7. The van der Waals surface area contributed by atoms with Crippen molar-refractivity contribution in [2.24, 2.45) is 0 Å². The van der Waals surface area contributed by atoms with E-state index in [1.165, 1.54) is 19.3 Å². The Morgan fingerprint density at radius 3 is 2.26 bits per heavy atom. The maximum absolute atomic E-state index is 13.9. The molecule has 1 aromatic rings. The second-order valence-electron chi connectivity index (χ2n) is 4.87. The van der Waals surface area contributed by atoms with Crippen molar-refractivity contribution in [3.63, 3.8) is 0 Å². The van der Waals surface area contributed by atoms with Crippen LogP contribution in [0.25, 0.3) is 0 Å². The number of hydrogen-bond donors (Lipinski definition) is 2. The van der Waals surface area contributed by atoms with Gasteiger partial charge in [-0.3, -0.25) is 0 Å². The Morgan fingerprint density at radius 2 is 1.74 bits per heavy atom. The molecule has 0 spiro atoms. The predicted molar refractivity (Wildman–Crippen MR) is 76.3 cm³/mol. The topological polar surface area (TPSA) is 84.9 Å². The van der Waals surface area contributed by atoms with Crippen LogP contribution < -0.4 is 5.48 Å². The van der Waals surface area contributed by atoms with E-state index in [1.807, 2.05) is 0 Å². The summed E-state index contributed by atoms with van der Waals surface area (Å²) in [5.74, 6) is -6.22. The zero-order chi connectivity index (χ0) is 17.5. The van der Waals surface area contributed by atoms with Gasteiger partial charge in [0.15, 0.2) is 0 Å². The van der Waals surface area contributed by atoms with Gasteiger partial charge in [0.2, 0.25) is 0 Å². The standard InChI is InChI=1S/C15H19F2NO5/c1-3-14(21,4-2)15(16,17)12(19)23-18-13(20)22-10-11-8-6-5-7-9-11/h5-9,21H,3-4,10H2,1-2H3,(H,18,20). The van der Waals surface area contributed by atoms with Crippen molar-refractivity contribution in [2.45, 2.75) is 44.8 Å². The van der Waals surface area contributed by atoms with E-state index < -0.39 is 23.6 Å². The Bertz CT molecular complexity index is 532. The minimum absolute atomic E-state index is 0.117. The summed E-state index contributed by atoms with van der Waals surface area (Å²) < 4.78 is 32.4. The summed E-state index contributed by atoms with van der Waals surface area (Å²) in [6.07, 6.45) is -1.91. The molecule has 0 atom stereocenters. The molecule has 128 valence electrons. The van der Waals surface area contributed by atoms with Gasteiger partial charge < -0.3 is 14.7 Å². The van der Waals surface area contributed by atoms with E-state index in [9.17, 15) is 23.5 Å². The highest BCUT2D eigenvalue weighted by atomic mass is 19.3. The molecule has 0 aromatic heterocycles. The first kappa shape index (κ1) is 18.8. The van der Waals surface area contributed by atoms with E-state index in [0.717, 1.165) is 0 Å². The summed E-state index contributed by atoms with van der Waals surface area (Å²) in [6.45, 7) is 2.51. The highest BCUT2D eigenvalue weighted by Crippen LogP contribution is 2.35. The van der Waals surface area contributed by atoms with Crippen LogP contribution in [0, 0.1) is 0 Å². The zero-order valence-corrected chi connectivity index (χ0v) is 12.8. The van der Waals surface area contributed by atoms with Crippen molar-refractivity contribution in [2.75, 3.05) is 0 Å². The molecule has 6 nitrogen and oxygen atoms in total. The molecule has 0 bridgehead atoms. The van der Waals surface area contributed by atoms with Crippen LogP contribution >= 0.6 is 0 Å². The summed E-state index contributed by atoms with van der Waals surface area (Å²) in [6, 6.07) is 8.61. The molecular formula is C15H19F2NO5. The number of ether oxygens (including phenoxy) is 1. The number of benzene rings is 1. The van der Waals surface area contributed by atoms with Crippen molar-refractivity contribution < 1.29 is 33.1 Å². The Labute approximate surface area is 132 Å². The van der Waals surface area contributed by atoms with Crippen molar-refractivity contribution in [1.82, 2.24) is 5.48 Å². The fourth-order valence-electron chi connectivity index (χ4n) is 1.79. The molecular weight excluding hydrogens is 312 g/mol. The third-order valence-electron chi connectivity index (χ3n) is 3.45. The highest BCUT2D eigenvalue weighted by Gasteiger charge is 2.58. The van der Waals surface area contributed by atoms with E-state index in [2.05, 4.69) is 4.84 Å². The number of rotatable bonds is 6. The molecule has 0 fully saturated rings. The number of amides is 1. The second-order valence-corrected chi connectivity index (χ2v) is 4.87. The average molecular weight is 331 g/mol. The molecule has 0 aliphatic carbocycles. The molecule has 1 aromatic carbocycles.